The van der Waals surface area contributed by atoms with Crippen molar-refractivity contribution < 1.29 is 4.79 Å². The summed E-state index contributed by atoms with van der Waals surface area (Å²) in [7, 11) is 0. The fourth-order valence-corrected chi connectivity index (χ4v) is 3.79. The Balaban J connectivity index is 1.82. The molecule has 1 aromatic heterocycles. The Morgan fingerprint density at radius 3 is 2.79 bits per heavy atom. The molecule has 2 aliphatic rings. The van der Waals surface area contributed by atoms with E-state index in [9.17, 15) is 4.79 Å². The van der Waals surface area contributed by atoms with Crippen molar-refractivity contribution >= 4 is 17.2 Å². The minimum absolute atomic E-state index is 0.00713. The lowest BCUT2D eigenvalue weighted by Crippen LogP contribution is -2.43. The molecule has 2 fully saturated rings. The largest absolute Gasteiger partial charge is 0.318 e. The number of carbonyl (C=O) groups is 1. The van der Waals surface area contributed by atoms with E-state index in [4.69, 9.17) is 0 Å². The van der Waals surface area contributed by atoms with Crippen LogP contribution < -0.4 is 5.32 Å². The van der Waals surface area contributed by atoms with Crippen LogP contribution in [-0.4, -0.2) is 22.9 Å². The minimum atomic E-state index is 0.00713. The van der Waals surface area contributed by atoms with Crippen molar-refractivity contribution in [2.24, 2.45) is 5.92 Å². The molecule has 3 nitrogen and oxygen atoms in total. The predicted molar refractivity (Wildman–Crippen MR) is 77.9 cm³/mol. The van der Waals surface area contributed by atoms with E-state index in [1.54, 1.807) is 11.3 Å². The molecule has 1 aliphatic carbocycles. The van der Waals surface area contributed by atoms with E-state index in [0.717, 1.165) is 6.42 Å². The van der Waals surface area contributed by atoms with Gasteiger partial charge in [-0.2, -0.15) is 0 Å². The second-order valence-corrected chi connectivity index (χ2v) is 7.08. The summed E-state index contributed by atoms with van der Waals surface area (Å²) in [6, 6.07) is 4.68. The summed E-state index contributed by atoms with van der Waals surface area (Å²) in [5, 5.41) is 5.65. The molecule has 0 radical (unpaired) electrons. The van der Waals surface area contributed by atoms with Crippen molar-refractivity contribution in [3.63, 3.8) is 0 Å². The van der Waals surface area contributed by atoms with Crippen molar-refractivity contribution in [3.05, 3.63) is 22.4 Å². The molecule has 1 amide bonds. The van der Waals surface area contributed by atoms with Crippen LogP contribution in [0.5, 0.6) is 0 Å². The van der Waals surface area contributed by atoms with Crippen molar-refractivity contribution in [3.8, 4) is 0 Å². The van der Waals surface area contributed by atoms with Crippen LogP contribution >= 0.6 is 11.3 Å². The third kappa shape index (κ3) is 2.43. The van der Waals surface area contributed by atoms with Gasteiger partial charge < -0.3 is 4.90 Å². The number of amides is 1. The third-order valence-corrected chi connectivity index (χ3v) is 5.10. The van der Waals surface area contributed by atoms with Crippen LogP contribution in [-0.2, 0) is 4.79 Å². The Labute approximate surface area is 119 Å². The Morgan fingerprint density at radius 1 is 1.47 bits per heavy atom. The highest BCUT2D eigenvalue weighted by Crippen LogP contribution is 2.37. The third-order valence-electron chi connectivity index (χ3n) is 4.18. The molecule has 19 heavy (non-hydrogen) atoms. The molecule has 3 rings (SSSR count). The van der Waals surface area contributed by atoms with Gasteiger partial charge in [-0.15, -0.1) is 11.3 Å². The fourth-order valence-electron chi connectivity index (χ4n) is 3.01. The number of nitrogens with zero attached hydrogens (tertiary/aromatic N) is 1. The van der Waals surface area contributed by atoms with Crippen molar-refractivity contribution in [1.29, 1.82) is 0 Å². The number of rotatable bonds is 4. The number of carbonyl (C=O) groups excluding carboxylic acids is 1. The smallest absolute Gasteiger partial charge is 0.241 e. The zero-order chi connectivity index (χ0) is 13.4. The predicted octanol–water partition coefficient (Wildman–Crippen LogP) is 3.15. The molecule has 1 N–H and O–H groups in total. The van der Waals surface area contributed by atoms with Gasteiger partial charge in [-0.05, 0) is 43.0 Å². The van der Waals surface area contributed by atoms with Gasteiger partial charge in [-0.3, -0.25) is 10.1 Å². The van der Waals surface area contributed by atoms with Crippen LogP contribution in [0.25, 0.3) is 0 Å². The van der Waals surface area contributed by atoms with Gasteiger partial charge in [0.25, 0.3) is 0 Å². The molecule has 0 spiro atoms. The van der Waals surface area contributed by atoms with E-state index < -0.39 is 0 Å². The average Bonchev–Trinajstić information content (AvgIpc) is 2.89. The number of hydrogen-bond donors (Lipinski definition) is 1. The van der Waals surface area contributed by atoms with E-state index in [2.05, 4.69) is 41.6 Å². The quantitative estimate of drug-likeness (QED) is 0.917. The second kappa shape index (κ2) is 5.25. The van der Waals surface area contributed by atoms with Crippen molar-refractivity contribution in [2.45, 2.75) is 57.8 Å². The lowest BCUT2D eigenvalue weighted by Gasteiger charge is -2.38. The average molecular weight is 278 g/mol. The van der Waals surface area contributed by atoms with E-state index in [-0.39, 0.29) is 12.2 Å². The second-order valence-electron chi connectivity index (χ2n) is 6.10. The summed E-state index contributed by atoms with van der Waals surface area (Å²) in [4.78, 5) is 16.0. The van der Waals surface area contributed by atoms with Crippen LogP contribution in [0.3, 0.4) is 0 Å². The molecule has 104 valence electrons. The first-order valence-electron chi connectivity index (χ1n) is 7.28. The molecule has 1 aliphatic heterocycles. The SMILES string of the molecule is CC(C)CC1NC(c2cccs2)N(C2CCC2)C1=O. The molecule has 2 atom stereocenters. The molecule has 1 saturated heterocycles. The van der Waals surface area contributed by atoms with E-state index in [1.165, 1.54) is 24.1 Å². The highest BCUT2D eigenvalue weighted by Gasteiger charge is 2.44. The fraction of sp³-hybridized carbons (Fsp3) is 0.667. The van der Waals surface area contributed by atoms with Gasteiger partial charge in [0, 0.05) is 10.9 Å². The van der Waals surface area contributed by atoms with E-state index in [0.29, 0.717) is 17.9 Å². The number of nitrogens with one attached hydrogen (secondary N) is 1. The first-order valence-corrected chi connectivity index (χ1v) is 8.16. The summed E-state index contributed by atoms with van der Waals surface area (Å²) in [6.45, 7) is 4.36. The maximum absolute atomic E-state index is 12.6. The summed E-state index contributed by atoms with van der Waals surface area (Å²) in [5.74, 6) is 0.864. The maximum atomic E-state index is 12.6. The summed E-state index contributed by atoms with van der Waals surface area (Å²) >= 11 is 1.74. The van der Waals surface area contributed by atoms with Crippen LogP contribution in [0, 0.1) is 5.92 Å². The van der Waals surface area contributed by atoms with Gasteiger partial charge >= 0.3 is 0 Å². The van der Waals surface area contributed by atoms with E-state index >= 15 is 0 Å². The van der Waals surface area contributed by atoms with E-state index in [1.807, 2.05) is 0 Å². The Bertz CT molecular complexity index is 439. The lowest BCUT2D eigenvalue weighted by molar-refractivity contribution is -0.134. The highest BCUT2D eigenvalue weighted by atomic mass is 32.1. The van der Waals surface area contributed by atoms with Gasteiger partial charge in [0.05, 0.1) is 6.04 Å². The summed E-state index contributed by atoms with van der Waals surface area (Å²) in [6.07, 6.45) is 4.65. The molecule has 1 saturated carbocycles. The number of hydrogen-bond acceptors (Lipinski definition) is 3. The zero-order valence-corrected chi connectivity index (χ0v) is 12.5. The monoisotopic (exact) mass is 278 g/mol. The van der Waals surface area contributed by atoms with Gasteiger partial charge in [-0.1, -0.05) is 19.9 Å². The first-order chi connectivity index (χ1) is 9.16. The van der Waals surface area contributed by atoms with Crippen molar-refractivity contribution in [1.82, 2.24) is 10.2 Å². The summed E-state index contributed by atoms with van der Waals surface area (Å²) < 4.78 is 0. The highest BCUT2D eigenvalue weighted by molar-refractivity contribution is 7.10. The van der Waals surface area contributed by atoms with Gasteiger partial charge in [0.15, 0.2) is 0 Å². The number of thiophene rings is 1. The topological polar surface area (TPSA) is 32.3 Å². The van der Waals surface area contributed by atoms with Gasteiger partial charge in [-0.25, -0.2) is 0 Å². The molecular formula is C15H22N2OS. The van der Waals surface area contributed by atoms with Crippen LogP contribution in [0.2, 0.25) is 0 Å². The maximum Gasteiger partial charge on any atom is 0.241 e. The zero-order valence-electron chi connectivity index (χ0n) is 11.6. The molecule has 1 aromatic rings. The standard InChI is InChI=1S/C15H22N2OS/c1-10(2)9-12-15(18)17(11-5-3-6-11)14(16-12)13-7-4-8-19-13/h4,7-8,10-12,14,16H,3,5-6,9H2,1-2H3. The minimum Gasteiger partial charge on any atom is -0.318 e. The lowest BCUT2D eigenvalue weighted by atomic mass is 9.91. The molecule has 4 heteroatoms. The summed E-state index contributed by atoms with van der Waals surface area (Å²) in [5.41, 5.74) is 0. The Morgan fingerprint density at radius 2 is 2.26 bits per heavy atom. The van der Waals surface area contributed by atoms with Crippen LogP contribution in [0.15, 0.2) is 17.5 Å². The molecule has 0 aromatic carbocycles. The molecule has 2 unspecified atom stereocenters. The Hall–Kier alpha value is -0.870. The van der Waals surface area contributed by atoms with Gasteiger partial charge in [0.1, 0.15) is 6.17 Å². The first kappa shape index (κ1) is 13.1. The molecule has 0 bridgehead atoms. The molecule has 2 heterocycles. The Kier molecular flexibility index (Phi) is 3.63. The van der Waals surface area contributed by atoms with Gasteiger partial charge in [0.2, 0.25) is 5.91 Å². The van der Waals surface area contributed by atoms with Crippen LogP contribution in [0.4, 0.5) is 0 Å². The van der Waals surface area contributed by atoms with Crippen LogP contribution in [0.1, 0.15) is 50.6 Å². The molecular weight excluding hydrogens is 256 g/mol. The van der Waals surface area contributed by atoms with Crippen molar-refractivity contribution in [2.75, 3.05) is 0 Å². The normalized spacial score (nSPS) is 28.2.